The van der Waals surface area contributed by atoms with E-state index in [9.17, 15) is 9.59 Å². The van der Waals surface area contributed by atoms with Crippen molar-refractivity contribution >= 4 is 16.8 Å². The highest BCUT2D eigenvalue weighted by molar-refractivity contribution is 5.77. The number of carbonyl (C=O) groups excluding carboxylic acids is 1. The van der Waals surface area contributed by atoms with Gasteiger partial charge in [0.2, 0.25) is 5.91 Å². The highest BCUT2D eigenvalue weighted by Gasteiger charge is 2.09. The van der Waals surface area contributed by atoms with Crippen molar-refractivity contribution in [2.24, 2.45) is 0 Å². The molecule has 1 amide bonds. The zero-order chi connectivity index (χ0) is 20.8. The molecule has 0 saturated heterocycles. The summed E-state index contributed by atoms with van der Waals surface area (Å²) in [5, 5.41) is 3.47. The lowest BCUT2D eigenvalue weighted by molar-refractivity contribution is -0.121. The number of benzene rings is 2. The molecule has 0 unspecified atom stereocenters. The maximum atomic E-state index is 12.6. The van der Waals surface area contributed by atoms with Gasteiger partial charge in [0.05, 0.1) is 17.4 Å². The molecule has 1 N–H and O–H groups in total. The Morgan fingerprint density at radius 3 is 2.55 bits per heavy atom. The molecule has 1 heterocycles. The number of para-hydroxylation sites is 2. The maximum Gasteiger partial charge on any atom is 0.261 e. The predicted molar refractivity (Wildman–Crippen MR) is 114 cm³/mol. The van der Waals surface area contributed by atoms with Crippen LogP contribution in [0.3, 0.4) is 0 Å². The van der Waals surface area contributed by atoms with E-state index in [0.717, 1.165) is 16.9 Å². The first-order valence-corrected chi connectivity index (χ1v) is 9.89. The Kier molecular flexibility index (Phi) is 6.65. The summed E-state index contributed by atoms with van der Waals surface area (Å²) in [5.74, 6) is 1.49. The number of hydrogen-bond acceptors (Lipinski definition) is 4. The van der Waals surface area contributed by atoms with E-state index in [1.807, 2.05) is 57.2 Å². The fourth-order valence-corrected chi connectivity index (χ4v) is 3.40. The topological polar surface area (TPSA) is 73.2 Å². The molecule has 0 aliphatic carbocycles. The molecule has 0 saturated carbocycles. The summed E-state index contributed by atoms with van der Waals surface area (Å²) < 4.78 is 7.43. The third kappa shape index (κ3) is 5.02. The van der Waals surface area contributed by atoms with Gasteiger partial charge in [0.15, 0.2) is 0 Å². The van der Waals surface area contributed by atoms with Crippen LogP contribution in [-0.4, -0.2) is 28.6 Å². The maximum absolute atomic E-state index is 12.6. The second-order valence-corrected chi connectivity index (χ2v) is 7.16. The van der Waals surface area contributed by atoms with Gasteiger partial charge in [-0.25, -0.2) is 4.98 Å². The van der Waals surface area contributed by atoms with Crippen LogP contribution in [-0.2, 0) is 11.3 Å². The third-order valence-electron chi connectivity index (χ3n) is 4.92. The number of aromatic nitrogens is 2. The number of rotatable bonds is 8. The molecule has 0 fully saturated rings. The Labute approximate surface area is 170 Å². The van der Waals surface area contributed by atoms with Gasteiger partial charge in [-0.2, -0.15) is 0 Å². The highest BCUT2D eigenvalue weighted by Crippen LogP contribution is 2.21. The molecule has 0 aliphatic rings. The van der Waals surface area contributed by atoms with E-state index in [2.05, 4.69) is 10.3 Å². The van der Waals surface area contributed by atoms with Crippen molar-refractivity contribution in [3.8, 4) is 5.75 Å². The van der Waals surface area contributed by atoms with Crippen molar-refractivity contribution < 1.29 is 9.53 Å². The Morgan fingerprint density at radius 1 is 1.07 bits per heavy atom. The van der Waals surface area contributed by atoms with Crippen LogP contribution >= 0.6 is 0 Å². The molecule has 29 heavy (non-hydrogen) atoms. The predicted octanol–water partition coefficient (Wildman–Crippen LogP) is 3.30. The van der Waals surface area contributed by atoms with Crippen LogP contribution in [0.25, 0.3) is 10.9 Å². The molecule has 0 atom stereocenters. The Morgan fingerprint density at radius 2 is 1.79 bits per heavy atom. The summed E-state index contributed by atoms with van der Waals surface area (Å²) in [6, 6.07) is 13.3. The lowest BCUT2D eigenvalue weighted by Crippen LogP contribution is -2.29. The minimum Gasteiger partial charge on any atom is -0.491 e. The number of nitrogens with zero attached hydrogens (tertiary/aromatic N) is 2. The zero-order valence-corrected chi connectivity index (χ0v) is 17.2. The largest absolute Gasteiger partial charge is 0.491 e. The monoisotopic (exact) mass is 393 g/mol. The average Bonchev–Trinajstić information content (AvgIpc) is 2.69. The summed E-state index contributed by atoms with van der Waals surface area (Å²) in [6.07, 6.45) is 0.923. The Bertz CT molecular complexity index is 1050. The van der Waals surface area contributed by atoms with Crippen LogP contribution in [0.15, 0.2) is 47.3 Å². The summed E-state index contributed by atoms with van der Waals surface area (Å²) in [6.45, 7) is 7.17. The van der Waals surface area contributed by atoms with E-state index in [4.69, 9.17) is 4.74 Å². The van der Waals surface area contributed by atoms with Crippen LogP contribution < -0.4 is 15.6 Å². The molecule has 2 aromatic carbocycles. The molecule has 6 heteroatoms. The molecule has 0 radical (unpaired) electrons. The number of carbonyl (C=O) groups is 1. The van der Waals surface area contributed by atoms with Crippen LogP contribution in [0.2, 0.25) is 0 Å². The molecule has 0 spiro atoms. The SMILES string of the molecule is Cc1cccc(C)c1OCCNC(=O)CCCn1c(C)nc2ccccc2c1=O. The van der Waals surface area contributed by atoms with Gasteiger partial charge in [0.25, 0.3) is 5.56 Å². The molecule has 1 aromatic heterocycles. The smallest absolute Gasteiger partial charge is 0.261 e. The van der Waals surface area contributed by atoms with Crippen LogP contribution in [0.1, 0.15) is 29.8 Å². The molecule has 3 rings (SSSR count). The van der Waals surface area contributed by atoms with E-state index in [-0.39, 0.29) is 11.5 Å². The number of hydrogen-bond donors (Lipinski definition) is 1. The summed E-state index contributed by atoms with van der Waals surface area (Å²) in [4.78, 5) is 29.2. The molecule has 0 bridgehead atoms. The molecule has 3 aromatic rings. The summed E-state index contributed by atoms with van der Waals surface area (Å²) in [5.41, 5.74) is 2.81. The van der Waals surface area contributed by atoms with Crippen molar-refractivity contribution in [3.63, 3.8) is 0 Å². The van der Waals surface area contributed by atoms with Crippen LogP contribution in [0.4, 0.5) is 0 Å². The van der Waals surface area contributed by atoms with Gasteiger partial charge in [-0.05, 0) is 50.5 Å². The van der Waals surface area contributed by atoms with Gasteiger partial charge >= 0.3 is 0 Å². The average molecular weight is 393 g/mol. The number of ether oxygens (including phenoxy) is 1. The van der Waals surface area contributed by atoms with Gasteiger partial charge < -0.3 is 10.1 Å². The van der Waals surface area contributed by atoms with Gasteiger partial charge in [0, 0.05) is 13.0 Å². The van der Waals surface area contributed by atoms with E-state index in [1.54, 1.807) is 10.6 Å². The Balaban J connectivity index is 1.46. The normalized spacial score (nSPS) is 10.9. The van der Waals surface area contributed by atoms with E-state index >= 15 is 0 Å². The van der Waals surface area contributed by atoms with Gasteiger partial charge in [-0.15, -0.1) is 0 Å². The fourth-order valence-electron chi connectivity index (χ4n) is 3.40. The van der Waals surface area contributed by atoms with Crippen molar-refractivity contribution in [1.82, 2.24) is 14.9 Å². The second kappa shape index (κ2) is 9.37. The number of nitrogens with one attached hydrogen (secondary N) is 1. The van der Waals surface area contributed by atoms with Crippen molar-refractivity contribution in [1.29, 1.82) is 0 Å². The van der Waals surface area contributed by atoms with Gasteiger partial charge in [0.1, 0.15) is 18.2 Å². The minimum atomic E-state index is -0.0597. The van der Waals surface area contributed by atoms with E-state index in [1.165, 1.54) is 0 Å². The van der Waals surface area contributed by atoms with Crippen molar-refractivity contribution in [3.05, 3.63) is 69.8 Å². The second-order valence-electron chi connectivity index (χ2n) is 7.16. The summed E-state index contributed by atoms with van der Waals surface area (Å²) >= 11 is 0. The lowest BCUT2D eigenvalue weighted by atomic mass is 10.1. The fraction of sp³-hybridized carbons (Fsp3) is 0.348. The number of amides is 1. The standard InChI is InChI=1S/C23H27N3O3/c1-16-8-6-9-17(2)22(16)29-15-13-24-21(27)12-7-14-26-18(3)25-20-11-5-4-10-19(20)23(26)28/h4-6,8-11H,7,12-15H2,1-3H3,(H,24,27). The number of fused-ring (bicyclic) bond motifs is 1. The quantitative estimate of drug-likeness (QED) is 0.596. The molecular formula is C23H27N3O3. The van der Waals surface area contributed by atoms with Gasteiger partial charge in [-0.3, -0.25) is 14.2 Å². The summed E-state index contributed by atoms with van der Waals surface area (Å²) in [7, 11) is 0. The first kappa shape index (κ1) is 20.6. The Hall–Kier alpha value is -3.15. The van der Waals surface area contributed by atoms with E-state index < -0.39 is 0 Å². The first-order valence-electron chi connectivity index (χ1n) is 9.89. The molecular weight excluding hydrogens is 366 g/mol. The molecule has 0 aliphatic heterocycles. The van der Waals surface area contributed by atoms with Gasteiger partial charge in [-0.1, -0.05) is 30.3 Å². The highest BCUT2D eigenvalue weighted by atomic mass is 16.5. The third-order valence-corrected chi connectivity index (χ3v) is 4.92. The first-order chi connectivity index (χ1) is 14.0. The minimum absolute atomic E-state index is 0.0467. The zero-order valence-electron chi connectivity index (χ0n) is 17.2. The number of aryl methyl sites for hydroxylation is 3. The molecule has 6 nitrogen and oxygen atoms in total. The van der Waals surface area contributed by atoms with Crippen LogP contribution in [0, 0.1) is 20.8 Å². The van der Waals surface area contributed by atoms with Crippen molar-refractivity contribution in [2.45, 2.75) is 40.2 Å². The molecule has 152 valence electrons. The van der Waals surface area contributed by atoms with Crippen molar-refractivity contribution in [2.75, 3.05) is 13.2 Å². The van der Waals surface area contributed by atoms with Crippen LogP contribution in [0.5, 0.6) is 5.75 Å². The lowest BCUT2D eigenvalue weighted by Gasteiger charge is -2.13. The van der Waals surface area contributed by atoms with E-state index in [0.29, 0.717) is 49.3 Å².